The van der Waals surface area contributed by atoms with E-state index < -0.39 is 11.9 Å². The maximum Gasteiger partial charge on any atom is 0.312 e. The summed E-state index contributed by atoms with van der Waals surface area (Å²) >= 11 is 5.62. The molecular weight excluding hydrogens is 282 g/mol. The number of hydrogen-bond donors (Lipinski definition) is 1. The molecule has 21 heavy (non-hydrogen) atoms. The Hall–Kier alpha value is -1.94. The Kier molecular flexibility index (Phi) is 3.64. The summed E-state index contributed by atoms with van der Waals surface area (Å²) in [5, 5.41) is 9.34. The predicted octanol–water partition coefficient (Wildman–Crippen LogP) is 3.52. The van der Waals surface area contributed by atoms with Crippen molar-refractivity contribution in [2.45, 2.75) is 32.2 Å². The summed E-state index contributed by atoms with van der Waals surface area (Å²) in [4.78, 5) is 12.2. The maximum atomic E-state index is 11.4. The highest BCUT2D eigenvalue weighted by Gasteiger charge is 2.28. The van der Waals surface area contributed by atoms with Crippen molar-refractivity contribution in [2.75, 3.05) is 0 Å². The highest BCUT2D eigenvalue weighted by Crippen LogP contribution is 2.30. The molecule has 4 heteroatoms. The van der Waals surface area contributed by atoms with Crippen LogP contribution in [0.25, 0.3) is 0 Å². The van der Waals surface area contributed by atoms with Gasteiger partial charge in [-0.2, -0.15) is 0 Å². The van der Waals surface area contributed by atoms with Crippen LogP contribution in [0.2, 0.25) is 0 Å². The van der Waals surface area contributed by atoms with Gasteiger partial charge in [0.25, 0.3) is 0 Å². The topological polar surface area (TPSA) is 42.2 Å². The van der Waals surface area contributed by atoms with Gasteiger partial charge >= 0.3 is 5.97 Å². The van der Waals surface area contributed by atoms with E-state index in [4.69, 9.17) is 12.2 Å². The van der Waals surface area contributed by atoms with Crippen molar-refractivity contribution in [3.05, 3.63) is 58.9 Å². The minimum Gasteiger partial charge on any atom is -0.481 e. The second-order valence-corrected chi connectivity index (χ2v) is 5.93. The van der Waals surface area contributed by atoms with Crippen LogP contribution in [0.1, 0.15) is 41.3 Å². The first-order valence-corrected chi connectivity index (χ1v) is 7.52. The third kappa shape index (κ3) is 2.51. The van der Waals surface area contributed by atoms with E-state index in [9.17, 15) is 9.90 Å². The first kappa shape index (κ1) is 14.0. The van der Waals surface area contributed by atoms with Crippen LogP contribution < -0.4 is 0 Å². The van der Waals surface area contributed by atoms with Gasteiger partial charge in [0.2, 0.25) is 0 Å². The Morgan fingerprint density at radius 3 is 2.86 bits per heavy atom. The van der Waals surface area contributed by atoms with Gasteiger partial charge in [-0.3, -0.25) is 4.79 Å². The van der Waals surface area contributed by atoms with Crippen LogP contribution in [0.4, 0.5) is 0 Å². The molecule has 0 saturated carbocycles. The molecule has 1 unspecified atom stereocenters. The highest BCUT2D eigenvalue weighted by molar-refractivity contribution is 7.81. The van der Waals surface area contributed by atoms with Crippen LogP contribution in [-0.4, -0.2) is 20.5 Å². The molecule has 1 N–H and O–H groups in total. The van der Waals surface area contributed by atoms with Gasteiger partial charge in [0.1, 0.15) is 0 Å². The van der Waals surface area contributed by atoms with Crippen LogP contribution >= 0.6 is 12.2 Å². The summed E-state index contributed by atoms with van der Waals surface area (Å²) in [6.45, 7) is 2.88. The minimum atomic E-state index is -0.748. The summed E-state index contributed by atoms with van der Waals surface area (Å²) in [5.41, 5.74) is 4.02. The van der Waals surface area contributed by atoms with E-state index in [0.29, 0.717) is 6.42 Å². The number of hydrogen-bond acceptors (Lipinski definition) is 2. The average molecular weight is 299 g/mol. The molecule has 0 radical (unpaired) electrons. The lowest BCUT2D eigenvalue weighted by atomic mass is 9.96. The molecule has 1 atom stereocenters. The molecule has 3 rings (SSSR count). The number of rotatable bonds is 3. The van der Waals surface area contributed by atoms with Crippen molar-refractivity contribution in [3.63, 3.8) is 0 Å². The molecule has 0 saturated heterocycles. The van der Waals surface area contributed by atoms with E-state index in [1.54, 1.807) is 0 Å². The van der Waals surface area contributed by atoms with Gasteiger partial charge in [-0.1, -0.05) is 42.0 Å². The Labute approximate surface area is 129 Å². The van der Waals surface area contributed by atoms with E-state index >= 15 is 0 Å². The second kappa shape index (κ2) is 5.45. The maximum absolute atomic E-state index is 11.4. The van der Waals surface area contributed by atoms with Crippen LogP contribution in [0.15, 0.2) is 36.4 Å². The molecule has 0 amide bonds. The normalized spacial score (nSPS) is 17.3. The Bertz CT molecular complexity index is 717. The number of aromatic nitrogens is 1. The number of benzene rings is 1. The zero-order valence-corrected chi connectivity index (χ0v) is 12.7. The summed E-state index contributed by atoms with van der Waals surface area (Å²) < 4.78 is 2.08. The van der Waals surface area contributed by atoms with Gasteiger partial charge in [0.15, 0.2) is 0 Å². The second-order valence-electron chi connectivity index (χ2n) is 5.53. The van der Waals surface area contributed by atoms with Gasteiger partial charge in [-0.25, -0.2) is 0 Å². The zero-order chi connectivity index (χ0) is 15.0. The Balaban J connectivity index is 2.01. The molecule has 2 heterocycles. The average Bonchev–Trinajstić information content (AvgIpc) is 2.90. The third-order valence-corrected chi connectivity index (χ3v) is 4.50. The van der Waals surface area contributed by atoms with Gasteiger partial charge in [-0.05, 0) is 37.5 Å². The van der Waals surface area contributed by atoms with Crippen LogP contribution in [0, 0.1) is 6.92 Å². The van der Waals surface area contributed by atoms with E-state index in [0.717, 1.165) is 34.8 Å². The molecule has 108 valence electrons. The smallest absolute Gasteiger partial charge is 0.312 e. The molecule has 0 bridgehead atoms. The third-order valence-electron chi connectivity index (χ3n) is 4.06. The molecular formula is C17H17NO2S. The lowest BCUT2D eigenvalue weighted by Crippen LogP contribution is -2.23. The van der Waals surface area contributed by atoms with Crippen molar-refractivity contribution < 1.29 is 9.90 Å². The van der Waals surface area contributed by atoms with E-state index in [1.807, 2.05) is 37.3 Å². The fraction of sp³-hybridized carbons (Fsp3) is 0.294. The largest absolute Gasteiger partial charge is 0.481 e. The number of thiocarbonyl (C=S) groups is 1. The first-order valence-electron chi connectivity index (χ1n) is 7.11. The van der Waals surface area contributed by atoms with Gasteiger partial charge in [0, 0.05) is 12.2 Å². The van der Waals surface area contributed by atoms with E-state index in [-0.39, 0.29) is 0 Å². The molecule has 1 aromatic heterocycles. The molecule has 1 aliphatic rings. The lowest BCUT2D eigenvalue weighted by Gasteiger charge is -2.23. The number of carboxylic acids is 1. The van der Waals surface area contributed by atoms with Crippen LogP contribution in [0.3, 0.4) is 0 Å². The van der Waals surface area contributed by atoms with Crippen molar-refractivity contribution >= 4 is 23.1 Å². The van der Waals surface area contributed by atoms with Crippen molar-refractivity contribution in [1.82, 2.24) is 4.57 Å². The zero-order valence-electron chi connectivity index (χ0n) is 11.9. The van der Waals surface area contributed by atoms with E-state index in [1.165, 1.54) is 5.56 Å². The first-order chi connectivity index (χ1) is 10.1. The van der Waals surface area contributed by atoms with Crippen molar-refractivity contribution in [3.8, 4) is 0 Å². The molecule has 0 spiro atoms. The number of carboxylic acid groups (broad SMARTS) is 1. The van der Waals surface area contributed by atoms with Crippen LogP contribution in [-0.2, 0) is 11.3 Å². The minimum absolute atomic E-state index is 0.409. The highest BCUT2D eigenvalue weighted by atomic mass is 32.1. The fourth-order valence-electron chi connectivity index (χ4n) is 3.02. The Morgan fingerprint density at radius 2 is 2.14 bits per heavy atom. The summed E-state index contributed by atoms with van der Waals surface area (Å²) in [6, 6.07) is 12.0. The SMILES string of the molecule is Cc1cccc(C(=S)c2ccc3n2CCCC3C(=O)O)c1. The Morgan fingerprint density at radius 1 is 1.33 bits per heavy atom. The summed E-state index contributed by atoms with van der Waals surface area (Å²) in [7, 11) is 0. The number of aliphatic carboxylic acids is 1. The van der Waals surface area contributed by atoms with Gasteiger partial charge in [-0.15, -0.1) is 0 Å². The molecule has 2 aromatic rings. The quantitative estimate of drug-likeness (QED) is 0.696. The molecule has 0 fully saturated rings. The fourth-order valence-corrected chi connectivity index (χ4v) is 3.33. The lowest BCUT2D eigenvalue weighted by molar-refractivity contribution is -0.139. The van der Waals surface area contributed by atoms with Crippen molar-refractivity contribution in [2.24, 2.45) is 0 Å². The monoisotopic (exact) mass is 299 g/mol. The molecule has 1 aromatic carbocycles. The number of aryl methyl sites for hydroxylation is 1. The predicted molar refractivity (Wildman–Crippen MR) is 86.0 cm³/mol. The molecule has 0 aliphatic carbocycles. The van der Waals surface area contributed by atoms with E-state index in [2.05, 4.69) is 10.6 Å². The van der Waals surface area contributed by atoms with Crippen molar-refractivity contribution in [1.29, 1.82) is 0 Å². The number of nitrogens with zero attached hydrogens (tertiary/aromatic N) is 1. The number of fused-ring (bicyclic) bond motifs is 1. The van der Waals surface area contributed by atoms with Gasteiger partial charge in [0.05, 0.1) is 16.5 Å². The standard InChI is InChI=1S/C17H17NO2S/c1-11-4-2-5-12(10-11)16(21)15-8-7-14-13(17(19)20)6-3-9-18(14)15/h2,4-5,7-8,10,13H,3,6,9H2,1H3,(H,19,20). The molecule has 1 aliphatic heterocycles. The van der Waals surface area contributed by atoms with Crippen LogP contribution in [0.5, 0.6) is 0 Å². The van der Waals surface area contributed by atoms with Gasteiger partial charge < -0.3 is 9.67 Å². The summed E-state index contributed by atoms with van der Waals surface area (Å²) in [6.07, 6.45) is 1.58. The number of carbonyl (C=O) groups is 1. The summed E-state index contributed by atoms with van der Waals surface area (Å²) in [5.74, 6) is -1.16. The molecule has 3 nitrogen and oxygen atoms in total.